The summed E-state index contributed by atoms with van der Waals surface area (Å²) in [6.45, 7) is 0. The minimum Gasteiger partial charge on any atom is -0.493 e. The lowest BCUT2D eigenvalue weighted by Gasteiger charge is -2.07. The summed E-state index contributed by atoms with van der Waals surface area (Å²) < 4.78 is 16.7. The molecule has 0 fully saturated rings. The summed E-state index contributed by atoms with van der Waals surface area (Å²) in [7, 11) is 3.15. The Morgan fingerprint density at radius 3 is 2.71 bits per heavy atom. The van der Waals surface area contributed by atoms with Crippen LogP contribution in [0.25, 0.3) is 11.4 Å². The molecular weight excluding hydrogens is 426 g/mol. The van der Waals surface area contributed by atoms with Gasteiger partial charge in [-0.15, -0.1) is 0 Å². The number of methoxy groups -OCH3 is 2. The topological polar surface area (TPSA) is 86.5 Å². The maximum absolute atomic E-state index is 12.1. The Morgan fingerprint density at radius 2 is 1.96 bits per heavy atom. The largest absolute Gasteiger partial charge is 0.493 e. The van der Waals surface area contributed by atoms with E-state index in [2.05, 4.69) is 31.4 Å². The monoisotopic (exact) mass is 445 g/mol. The molecule has 0 atom stereocenters. The predicted octanol–water partition coefficient (Wildman–Crippen LogP) is 4.48. The van der Waals surface area contributed by atoms with Gasteiger partial charge in [0.15, 0.2) is 11.5 Å². The molecule has 0 saturated carbocycles. The number of carbonyl (C=O) groups is 1. The zero-order chi connectivity index (χ0) is 19.9. The van der Waals surface area contributed by atoms with Crippen molar-refractivity contribution in [3.63, 3.8) is 0 Å². The molecule has 8 heteroatoms. The van der Waals surface area contributed by atoms with Gasteiger partial charge in [0.05, 0.1) is 14.2 Å². The van der Waals surface area contributed by atoms with Crippen LogP contribution in [-0.2, 0) is 11.2 Å². The second kappa shape index (κ2) is 9.36. The summed E-state index contributed by atoms with van der Waals surface area (Å²) in [6.07, 6.45) is 1.49. The molecule has 3 rings (SSSR count). The van der Waals surface area contributed by atoms with Gasteiger partial charge in [0.2, 0.25) is 17.6 Å². The molecule has 0 unspecified atom stereocenters. The molecule has 1 N–H and O–H groups in total. The third kappa shape index (κ3) is 5.10. The highest BCUT2D eigenvalue weighted by atomic mass is 79.9. The number of halogens is 1. The van der Waals surface area contributed by atoms with Crippen molar-refractivity contribution >= 4 is 27.5 Å². The van der Waals surface area contributed by atoms with E-state index in [4.69, 9.17) is 14.0 Å². The van der Waals surface area contributed by atoms with Crippen molar-refractivity contribution in [2.24, 2.45) is 0 Å². The van der Waals surface area contributed by atoms with Crippen LogP contribution in [0.15, 0.2) is 51.5 Å². The first kappa shape index (κ1) is 19.9. The lowest BCUT2D eigenvalue weighted by molar-refractivity contribution is -0.116. The third-order valence-corrected chi connectivity index (χ3v) is 4.51. The summed E-state index contributed by atoms with van der Waals surface area (Å²) >= 11 is 3.38. The van der Waals surface area contributed by atoms with Gasteiger partial charge < -0.3 is 19.3 Å². The Morgan fingerprint density at radius 1 is 1.14 bits per heavy atom. The lowest BCUT2D eigenvalue weighted by Crippen LogP contribution is -2.11. The molecule has 28 heavy (non-hydrogen) atoms. The van der Waals surface area contributed by atoms with Crippen molar-refractivity contribution in [3.05, 3.63) is 52.8 Å². The van der Waals surface area contributed by atoms with Gasteiger partial charge in [0.25, 0.3) is 0 Å². The number of aryl methyl sites for hydroxylation is 1. The van der Waals surface area contributed by atoms with Crippen molar-refractivity contribution in [1.29, 1.82) is 0 Å². The van der Waals surface area contributed by atoms with Crippen LogP contribution in [0.4, 0.5) is 5.69 Å². The molecular formula is C20H20BrN3O4. The van der Waals surface area contributed by atoms with Gasteiger partial charge >= 0.3 is 0 Å². The highest BCUT2D eigenvalue weighted by molar-refractivity contribution is 9.10. The van der Waals surface area contributed by atoms with E-state index >= 15 is 0 Å². The first-order chi connectivity index (χ1) is 13.6. The Kier molecular flexibility index (Phi) is 6.65. The normalized spacial score (nSPS) is 10.5. The number of aromatic nitrogens is 2. The van der Waals surface area contributed by atoms with E-state index in [1.165, 1.54) is 0 Å². The van der Waals surface area contributed by atoms with E-state index in [1.54, 1.807) is 26.4 Å². The van der Waals surface area contributed by atoms with Gasteiger partial charge in [-0.3, -0.25) is 4.79 Å². The summed E-state index contributed by atoms with van der Waals surface area (Å²) in [5.74, 6) is 2.12. The average molecular weight is 446 g/mol. The fourth-order valence-electron chi connectivity index (χ4n) is 2.64. The standard InChI is InChI=1S/C20H20BrN3O4/c1-26-16-10-9-13(11-17(16)27-2)20-23-19(28-24-20)8-4-7-18(25)22-15-6-3-5-14(21)12-15/h3,5-6,9-12H,4,7-8H2,1-2H3,(H,22,25). The SMILES string of the molecule is COc1ccc(-c2noc(CCCC(=O)Nc3cccc(Br)c3)n2)cc1OC. The van der Waals surface area contributed by atoms with E-state index in [1.807, 2.05) is 30.3 Å². The molecule has 146 valence electrons. The smallest absolute Gasteiger partial charge is 0.226 e. The van der Waals surface area contributed by atoms with Crippen LogP contribution in [0.3, 0.4) is 0 Å². The molecule has 7 nitrogen and oxygen atoms in total. The van der Waals surface area contributed by atoms with E-state index < -0.39 is 0 Å². The number of nitrogens with zero attached hydrogens (tertiary/aromatic N) is 2. The molecule has 3 aromatic rings. The number of rotatable bonds is 8. The van der Waals surface area contributed by atoms with Gasteiger partial charge in [0, 0.05) is 28.6 Å². The van der Waals surface area contributed by atoms with Crippen molar-refractivity contribution < 1.29 is 18.8 Å². The van der Waals surface area contributed by atoms with Gasteiger partial charge in [0.1, 0.15) is 0 Å². The van der Waals surface area contributed by atoms with Crippen molar-refractivity contribution in [1.82, 2.24) is 10.1 Å². The second-order valence-corrected chi connectivity index (χ2v) is 6.91. The summed E-state index contributed by atoms with van der Waals surface area (Å²) in [4.78, 5) is 16.4. The quantitative estimate of drug-likeness (QED) is 0.549. The maximum atomic E-state index is 12.1. The highest BCUT2D eigenvalue weighted by Crippen LogP contribution is 2.31. The molecule has 0 aliphatic rings. The molecule has 0 aliphatic heterocycles. The second-order valence-electron chi connectivity index (χ2n) is 5.99. The molecule has 0 radical (unpaired) electrons. The first-order valence-corrected chi connectivity index (χ1v) is 9.48. The van der Waals surface area contributed by atoms with Crippen LogP contribution in [0, 0.1) is 0 Å². The van der Waals surface area contributed by atoms with Crippen LogP contribution in [0.2, 0.25) is 0 Å². The Hall–Kier alpha value is -2.87. The number of amides is 1. The minimum atomic E-state index is -0.0577. The lowest BCUT2D eigenvalue weighted by atomic mass is 10.2. The summed E-state index contributed by atoms with van der Waals surface area (Å²) in [6, 6.07) is 12.9. The number of anilines is 1. The van der Waals surface area contributed by atoms with Crippen molar-refractivity contribution in [3.8, 4) is 22.9 Å². The molecule has 1 amide bonds. The number of nitrogens with one attached hydrogen (secondary N) is 1. The predicted molar refractivity (Wildman–Crippen MR) is 109 cm³/mol. The maximum Gasteiger partial charge on any atom is 0.226 e. The van der Waals surface area contributed by atoms with E-state index in [9.17, 15) is 4.79 Å². The molecule has 1 aromatic heterocycles. The average Bonchev–Trinajstić information content (AvgIpc) is 3.16. The fraction of sp³-hybridized carbons (Fsp3) is 0.250. The molecule has 0 saturated heterocycles. The highest BCUT2D eigenvalue weighted by Gasteiger charge is 2.12. The van der Waals surface area contributed by atoms with Crippen LogP contribution < -0.4 is 14.8 Å². The number of carbonyl (C=O) groups excluding carboxylic acids is 1. The molecule has 0 aliphatic carbocycles. The number of hydrogen-bond acceptors (Lipinski definition) is 6. The van der Waals surface area contributed by atoms with Crippen LogP contribution in [-0.4, -0.2) is 30.3 Å². The zero-order valence-electron chi connectivity index (χ0n) is 15.6. The van der Waals surface area contributed by atoms with Crippen molar-refractivity contribution in [2.45, 2.75) is 19.3 Å². The van der Waals surface area contributed by atoms with Crippen LogP contribution in [0.5, 0.6) is 11.5 Å². The van der Waals surface area contributed by atoms with E-state index in [0.717, 1.165) is 15.7 Å². The molecule has 2 aromatic carbocycles. The summed E-state index contributed by atoms with van der Waals surface area (Å²) in [5, 5.41) is 6.87. The van der Waals surface area contributed by atoms with Crippen LogP contribution in [0.1, 0.15) is 18.7 Å². The first-order valence-electron chi connectivity index (χ1n) is 8.69. The zero-order valence-corrected chi connectivity index (χ0v) is 17.2. The molecule has 0 spiro atoms. The number of ether oxygens (including phenoxy) is 2. The minimum absolute atomic E-state index is 0.0577. The summed E-state index contributed by atoms with van der Waals surface area (Å²) in [5.41, 5.74) is 1.52. The van der Waals surface area contributed by atoms with Crippen molar-refractivity contribution in [2.75, 3.05) is 19.5 Å². The molecule has 1 heterocycles. The van der Waals surface area contributed by atoms with Gasteiger partial charge in [-0.2, -0.15) is 4.98 Å². The Labute approximate surface area is 171 Å². The fourth-order valence-corrected chi connectivity index (χ4v) is 3.04. The van der Waals surface area contributed by atoms with E-state index in [-0.39, 0.29) is 5.91 Å². The number of benzene rings is 2. The Bertz CT molecular complexity index is 958. The number of hydrogen-bond donors (Lipinski definition) is 1. The van der Waals surface area contributed by atoms with Gasteiger partial charge in [-0.25, -0.2) is 0 Å². The third-order valence-electron chi connectivity index (χ3n) is 4.01. The van der Waals surface area contributed by atoms with E-state index in [0.29, 0.717) is 42.5 Å². The van der Waals surface area contributed by atoms with Gasteiger partial charge in [-0.1, -0.05) is 27.2 Å². The Balaban J connectivity index is 1.54. The van der Waals surface area contributed by atoms with Gasteiger partial charge in [-0.05, 0) is 42.8 Å². The van der Waals surface area contributed by atoms with Crippen LogP contribution >= 0.6 is 15.9 Å². The molecule has 0 bridgehead atoms.